The molecule has 1 rings (SSSR count). The Balaban J connectivity index is 2.88. The Morgan fingerprint density at radius 1 is 1.53 bits per heavy atom. The first-order chi connectivity index (χ1) is 7.20. The summed E-state index contributed by atoms with van der Waals surface area (Å²) in [6.45, 7) is 3.67. The Hall–Kier alpha value is -0.960. The molecule has 82 valence electrons. The van der Waals surface area contributed by atoms with Crippen LogP contribution in [0.1, 0.15) is 18.4 Å². The lowest BCUT2D eigenvalue weighted by molar-refractivity contribution is 0.370. The Bertz CT molecular complexity index is 348. The van der Waals surface area contributed by atoms with Gasteiger partial charge in [-0.1, -0.05) is 22.0 Å². The van der Waals surface area contributed by atoms with Crippen LogP contribution in [-0.2, 0) is 6.42 Å². The molecular formula is C12H15BrO2. The first-order valence-corrected chi connectivity index (χ1v) is 5.65. The van der Waals surface area contributed by atoms with Crippen molar-refractivity contribution in [3.05, 3.63) is 34.8 Å². The van der Waals surface area contributed by atoms with Crippen molar-refractivity contribution in [2.75, 3.05) is 7.11 Å². The summed E-state index contributed by atoms with van der Waals surface area (Å²) < 4.78 is 5.98. The van der Waals surface area contributed by atoms with E-state index in [9.17, 15) is 5.11 Å². The van der Waals surface area contributed by atoms with Crippen LogP contribution in [0, 0.1) is 0 Å². The molecule has 0 unspecified atom stereocenters. The van der Waals surface area contributed by atoms with Crippen LogP contribution in [0.15, 0.2) is 29.3 Å². The van der Waals surface area contributed by atoms with Gasteiger partial charge < -0.3 is 9.84 Å². The highest BCUT2D eigenvalue weighted by Gasteiger charge is 2.10. The molecule has 0 aromatic heterocycles. The standard InChI is InChI=1S/C12H15BrO2/c1-3-4-5-6-9-10(13)7-8-11(15-2)12(9)14/h3,7-8,14H,1,4-6H2,2H3. The number of benzene rings is 1. The number of unbranched alkanes of at least 4 members (excludes halogenated alkanes) is 1. The summed E-state index contributed by atoms with van der Waals surface area (Å²) in [5.41, 5.74) is 0.899. The molecule has 15 heavy (non-hydrogen) atoms. The summed E-state index contributed by atoms with van der Waals surface area (Å²) in [5.74, 6) is 0.753. The van der Waals surface area contributed by atoms with E-state index < -0.39 is 0 Å². The van der Waals surface area contributed by atoms with Crippen LogP contribution in [0.5, 0.6) is 11.5 Å². The molecular weight excluding hydrogens is 256 g/mol. The van der Waals surface area contributed by atoms with E-state index >= 15 is 0 Å². The molecule has 0 heterocycles. The van der Waals surface area contributed by atoms with Crippen molar-refractivity contribution in [3.63, 3.8) is 0 Å². The second-order valence-electron chi connectivity index (χ2n) is 3.26. The number of ether oxygens (including phenoxy) is 1. The van der Waals surface area contributed by atoms with Gasteiger partial charge in [0.25, 0.3) is 0 Å². The number of allylic oxidation sites excluding steroid dienone is 1. The van der Waals surface area contributed by atoms with E-state index in [1.807, 2.05) is 12.1 Å². The van der Waals surface area contributed by atoms with E-state index in [-0.39, 0.29) is 5.75 Å². The highest BCUT2D eigenvalue weighted by Crippen LogP contribution is 2.35. The highest BCUT2D eigenvalue weighted by atomic mass is 79.9. The van der Waals surface area contributed by atoms with Gasteiger partial charge in [-0.05, 0) is 31.4 Å². The van der Waals surface area contributed by atoms with Gasteiger partial charge in [-0.15, -0.1) is 6.58 Å². The van der Waals surface area contributed by atoms with E-state index in [1.54, 1.807) is 13.2 Å². The fourth-order valence-electron chi connectivity index (χ4n) is 1.42. The van der Waals surface area contributed by atoms with Crippen LogP contribution in [0.2, 0.25) is 0 Å². The number of halogens is 1. The smallest absolute Gasteiger partial charge is 0.162 e. The van der Waals surface area contributed by atoms with Crippen LogP contribution in [0.4, 0.5) is 0 Å². The maximum Gasteiger partial charge on any atom is 0.162 e. The van der Waals surface area contributed by atoms with Gasteiger partial charge in [0.15, 0.2) is 11.5 Å². The van der Waals surface area contributed by atoms with Crippen LogP contribution in [-0.4, -0.2) is 12.2 Å². The van der Waals surface area contributed by atoms with Crippen molar-refractivity contribution >= 4 is 15.9 Å². The van der Waals surface area contributed by atoms with Gasteiger partial charge >= 0.3 is 0 Å². The van der Waals surface area contributed by atoms with E-state index in [2.05, 4.69) is 22.5 Å². The van der Waals surface area contributed by atoms with E-state index in [0.29, 0.717) is 5.75 Å². The Morgan fingerprint density at radius 3 is 2.87 bits per heavy atom. The van der Waals surface area contributed by atoms with Crippen LogP contribution in [0.3, 0.4) is 0 Å². The minimum atomic E-state index is 0.232. The monoisotopic (exact) mass is 270 g/mol. The van der Waals surface area contributed by atoms with Crippen molar-refractivity contribution in [2.24, 2.45) is 0 Å². The molecule has 0 atom stereocenters. The van der Waals surface area contributed by atoms with Gasteiger partial charge in [0.1, 0.15) is 0 Å². The number of methoxy groups -OCH3 is 1. The average Bonchev–Trinajstić information content (AvgIpc) is 2.23. The van der Waals surface area contributed by atoms with Gasteiger partial charge in [-0.25, -0.2) is 0 Å². The molecule has 0 aliphatic carbocycles. The maximum absolute atomic E-state index is 9.89. The summed E-state index contributed by atoms with van der Waals surface area (Å²) in [7, 11) is 1.55. The van der Waals surface area contributed by atoms with E-state index in [1.165, 1.54) is 0 Å². The van der Waals surface area contributed by atoms with Gasteiger partial charge in [0.2, 0.25) is 0 Å². The van der Waals surface area contributed by atoms with Gasteiger partial charge in [-0.2, -0.15) is 0 Å². The molecule has 1 N–H and O–H groups in total. The van der Waals surface area contributed by atoms with Gasteiger partial charge in [0.05, 0.1) is 7.11 Å². The lowest BCUT2D eigenvalue weighted by Crippen LogP contribution is -1.91. The topological polar surface area (TPSA) is 29.5 Å². The van der Waals surface area contributed by atoms with Crippen molar-refractivity contribution in [1.82, 2.24) is 0 Å². The molecule has 0 radical (unpaired) electrons. The summed E-state index contributed by atoms with van der Waals surface area (Å²) in [6.07, 6.45) is 4.62. The molecule has 0 saturated carbocycles. The summed E-state index contributed by atoms with van der Waals surface area (Å²) in [4.78, 5) is 0. The summed E-state index contributed by atoms with van der Waals surface area (Å²) >= 11 is 3.42. The molecule has 0 bridgehead atoms. The number of rotatable bonds is 5. The quantitative estimate of drug-likeness (QED) is 0.654. The predicted octanol–water partition coefficient (Wildman–Crippen LogP) is 3.67. The number of hydrogen-bond donors (Lipinski definition) is 1. The third-order valence-corrected chi connectivity index (χ3v) is 2.99. The predicted molar refractivity (Wildman–Crippen MR) is 65.5 cm³/mol. The fraction of sp³-hybridized carbons (Fsp3) is 0.333. The minimum Gasteiger partial charge on any atom is -0.504 e. The van der Waals surface area contributed by atoms with Crippen LogP contribution >= 0.6 is 15.9 Å². The van der Waals surface area contributed by atoms with Crippen molar-refractivity contribution < 1.29 is 9.84 Å². The molecule has 0 aliphatic heterocycles. The average molecular weight is 271 g/mol. The van der Waals surface area contributed by atoms with E-state index in [0.717, 1.165) is 29.3 Å². The van der Waals surface area contributed by atoms with Crippen molar-refractivity contribution in [2.45, 2.75) is 19.3 Å². The highest BCUT2D eigenvalue weighted by molar-refractivity contribution is 9.10. The number of aromatic hydroxyl groups is 1. The zero-order valence-electron chi connectivity index (χ0n) is 8.79. The van der Waals surface area contributed by atoms with Crippen LogP contribution in [0.25, 0.3) is 0 Å². The minimum absolute atomic E-state index is 0.232. The molecule has 0 aliphatic rings. The SMILES string of the molecule is C=CCCCc1c(Br)ccc(OC)c1O. The first kappa shape index (κ1) is 12.1. The van der Waals surface area contributed by atoms with E-state index in [4.69, 9.17) is 4.74 Å². The first-order valence-electron chi connectivity index (χ1n) is 4.86. The van der Waals surface area contributed by atoms with Crippen molar-refractivity contribution in [1.29, 1.82) is 0 Å². The largest absolute Gasteiger partial charge is 0.504 e. The normalized spacial score (nSPS) is 10.0. The fourth-order valence-corrected chi connectivity index (χ4v) is 1.93. The van der Waals surface area contributed by atoms with Crippen LogP contribution < -0.4 is 4.74 Å². The zero-order chi connectivity index (χ0) is 11.3. The molecule has 1 aromatic rings. The second kappa shape index (κ2) is 5.81. The molecule has 0 amide bonds. The number of hydrogen-bond acceptors (Lipinski definition) is 2. The zero-order valence-corrected chi connectivity index (χ0v) is 10.4. The molecule has 1 aromatic carbocycles. The maximum atomic E-state index is 9.89. The Morgan fingerprint density at radius 2 is 2.27 bits per heavy atom. The third kappa shape index (κ3) is 2.99. The van der Waals surface area contributed by atoms with Gasteiger partial charge in [-0.3, -0.25) is 0 Å². The van der Waals surface area contributed by atoms with Crippen molar-refractivity contribution in [3.8, 4) is 11.5 Å². The van der Waals surface area contributed by atoms with Gasteiger partial charge in [0, 0.05) is 10.0 Å². The lowest BCUT2D eigenvalue weighted by atomic mass is 10.1. The Kier molecular flexibility index (Phi) is 4.69. The molecule has 0 saturated heterocycles. The second-order valence-corrected chi connectivity index (χ2v) is 4.11. The molecule has 0 spiro atoms. The Labute approximate surface area is 98.7 Å². The number of phenolic OH excluding ortho intramolecular Hbond substituents is 1. The third-order valence-electron chi connectivity index (χ3n) is 2.24. The number of phenols is 1. The molecule has 3 heteroatoms. The summed E-state index contributed by atoms with van der Waals surface area (Å²) in [6, 6.07) is 3.64. The lowest BCUT2D eigenvalue weighted by Gasteiger charge is -2.10. The summed E-state index contributed by atoms with van der Waals surface area (Å²) in [5, 5.41) is 9.89. The molecule has 0 fully saturated rings. The molecule has 2 nitrogen and oxygen atoms in total.